The number of carboxylic acid groups (broad SMARTS) is 2. The second-order valence-electron chi connectivity index (χ2n) is 7.98. The maximum Gasteiger partial charge on any atom is 0.0643 e. The minimum Gasteiger partial charge on any atom is -0.545 e. The zero-order chi connectivity index (χ0) is 24.3. The fourth-order valence-electron chi connectivity index (χ4n) is 2.45. The van der Waals surface area contributed by atoms with Gasteiger partial charge in [0.05, 0.1) is 18.0 Å². The van der Waals surface area contributed by atoms with Gasteiger partial charge >= 0.3 is 69.5 Å². The Balaban J connectivity index is -0.000000401. The van der Waals surface area contributed by atoms with E-state index in [2.05, 4.69) is 27.7 Å². The molecule has 1 atom stereocenters. The molecule has 0 bridgehead atoms. The van der Waals surface area contributed by atoms with Crippen LogP contribution in [0.25, 0.3) is 0 Å². The molecule has 0 aliphatic rings. The van der Waals surface area contributed by atoms with Crippen molar-refractivity contribution in [2.75, 3.05) is 6.61 Å². The molecule has 1 unspecified atom stereocenters. The summed E-state index contributed by atoms with van der Waals surface area (Å²) in [6.45, 7) is 9.27. The van der Waals surface area contributed by atoms with E-state index in [1.54, 1.807) is 8.87 Å². The smallest absolute Gasteiger partial charge is 0.0643 e. The number of hydrogen-bond acceptors (Lipinski definition) is 6. The van der Waals surface area contributed by atoms with Gasteiger partial charge in [0, 0.05) is 6.61 Å². The average Bonchev–Trinajstić information content (AvgIpc) is 2.71. The van der Waals surface area contributed by atoms with E-state index in [-0.39, 0.29) is 33.9 Å². The summed E-state index contributed by atoms with van der Waals surface area (Å²) in [7, 11) is 0. The quantitative estimate of drug-likeness (QED) is 0.164. The molecule has 2 N–H and O–H groups in total. The maximum absolute atomic E-state index is 9.48. The molecule has 0 fully saturated rings. The fraction of sp³-hybridized carbons (Fsp3) is 0.833. The number of aliphatic carboxylic acids is 2. The predicted molar refractivity (Wildman–Crippen MR) is 125 cm³/mol. The molecule has 0 aromatic rings. The van der Waals surface area contributed by atoms with Crippen LogP contribution in [0.4, 0.5) is 0 Å². The third-order valence-electron chi connectivity index (χ3n) is 4.28. The minimum absolute atomic E-state index is 0.149. The first-order valence-corrected chi connectivity index (χ1v) is 15.8. The Bertz CT molecular complexity index is 391. The standard InChI is InChI=1S/C12H26O2.C4H4O4.2C4H9.Sn/c1-11(2)7-4-3-5-8-12(14)9-6-10-13;5-3(6)1-2-4(7)8;2*1-3-4-2;/h11-14H,3-10H2,1-2H3;1-2H,(H,5,6)(H,7,8);2*1,3-4H2,2H3;/q;;;;+2/p-2/b;2-1-;;;. The largest absolute Gasteiger partial charge is 0.545 e. The van der Waals surface area contributed by atoms with E-state index < -0.39 is 11.9 Å². The molecule has 0 aromatic carbocycles. The molecule has 0 saturated carbocycles. The molecule has 0 rings (SSSR count). The van der Waals surface area contributed by atoms with Crippen LogP contribution in [-0.4, -0.2) is 56.0 Å². The van der Waals surface area contributed by atoms with Gasteiger partial charge in [0.15, 0.2) is 0 Å². The minimum atomic E-state index is -1.55. The predicted octanol–water partition coefficient (Wildman–Crippen LogP) is 2.90. The monoisotopic (exact) mass is 550 g/mol. The topological polar surface area (TPSA) is 121 Å². The van der Waals surface area contributed by atoms with Gasteiger partial charge in [0.2, 0.25) is 0 Å². The van der Waals surface area contributed by atoms with Gasteiger partial charge in [0.25, 0.3) is 0 Å². The molecule has 182 valence electrons. The first kappa shape index (κ1) is 35.0. The Kier molecular flexibility index (Phi) is 33.2. The Labute approximate surface area is 200 Å². The molecule has 31 heavy (non-hydrogen) atoms. The molecule has 0 aromatic heterocycles. The van der Waals surface area contributed by atoms with Crippen LogP contribution in [0.1, 0.15) is 98.3 Å². The summed E-state index contributed by atoms with van der Waals surface area (Å²) in [4.78, 5) is 18.8. The zero-order valence-electron chi connectivity index (χ0n) is 20.2. The molecule has 0 spiro atoms. The van der Waals surface area contributed by atoms with E-state index in [0.717, 1.165) is 31.6 Å². The molecule has 0 aliphatic carbocycles. The van der Waals surface area contributed by atoms with Crippen LogP contribution in [-0.2, 0) is 9.59 Å². The molecule has 0 saturated heterocycles. The number of carbonyl (C=O) groups excluding carboxylic acids is 2. The Morgan fingerprint density at radius 2 is 1.26 bits per heavy atom. The van der Waals surface area contributed by atoms with E-state index in [1.165, 1.54) is 44.9 Å². The third-order valence-corrected chi connectivity index (χ3v) is 8.32. The first-order chi connectivity index (χ1) is 14.7. The van der Waals surface area contributed by atoms with Crippen LogP contribution in [0.3, 0.4) is 0 Å². The fourth-order valence-corrected chi connectivity index (χ4v) is 6.60. The van der Waals surface area contributed by atoms with E-state index in [9.17, 15) is 24.9 Å². The van der Waals surface area contributed by atoms with Crippen molar-refractivity contribution in [1.29, 1.82) is 0 Å². The number of carboxylic acids is 2. The van der Waals surface area contributed by atoms with Crippen molar-refractivity contribution in [2.45, 2.75) is 113 Å². The molecule has 0 heterocycles. The summed E-state index contributed by atoms with van der Waals surface area (Å²) >= 11 is 0.149. The van der Waals surface area contributed by atoms with Gasteiger partial charge in [0.1, 0.15) is 0 Å². The summed E-state index contributed by atoms with van der Waals surface area (Å²) in [6.07, 6.45) is 13.7. The zero-order valence-corrected chi connectivity index (χ0v) is 23.1. The maximum atomic E-state index is 9.48. The van der Waals surface area contributed by atoms with Gasteiger partial charge in [-0.3, -0.25) is 0 Å². The van der Waals surface area contributed by atoms with Crippen molar-refractivity contribution in [3.8, 4) is 0 Å². The number of hydrogen-bond donors (Lipinski definition) is 2. The van der Waals surface area contributed by atoms with Crippen LogP contribution < -0.4 is 10.2 Å². The summed E-state index contributed by atoms with van der Waals surface area (Å²) in [5, 5.41) is 36.9. The normalized spacial score (nSPS) is 11.2. The summed E-state index contributed by atoms with van der Waals surface area (Å²) in [6, 6.07) is 0. The van der Waals surface area contributed by atoms with Crippen LogP contribution in [0.15, 0.2) is 12.2 Å². The van der Waals surface area contributed by atoms with Crippen LogP contribution in [0, 0.1) is 5.92 Å². The Morgan fingerprint density at radius 3 is 1.65 bits per heavy atom. The van der Waals surface area contributed by atoms with Gasteiger partial charge in [-0.25, -0.2) is 0 Å². The van der Waals surface area contributed by atoms with Crippen LogP contribution in [0.5, 0.6) is 0 Å². The van der Waals surface area contributed by atoms with Gasteiger partial charge in [-0.15, -0.1) is 0 Å². The van der Waals surface area contributed by atoms with Crippen molar-refractivity contribution in [1.82, 2.24) is 0 Å². The van der Waals surface area contributed by atoms with E-state index >= 15 is 0 Å². The van der Waals surface area contributed by atoms with Gasteiger partial charge < -0.3 is 30.0 Å². The molecule has 7 heteroatoms. The van der Waals surface area contributed by atoms with Gasteiger partial charge in [-0.2, -0.15) is 0 Å². The molecule has 6 nitrogen and oxygen atoms in total. The Morgan fingerprint density at radius 1 is 0.806 bits per heavy atom. The van der Waals surface area contributed by atoms with Crippen LogP contribution in [0.2, 0.25) is 8.87 Å². The van der Waals surface area contributed by atoms with Crippen LogP contribution >= 0.6 is 0 Å². The molecular formula is C24H46O6Sn. The third kappa shape index (κ3) is 44.0. The summed E-state index contributed by atoms with van der Waals surface area (Å²) < 4.78 is 3.25. The summed E-state index contributed by atoms with van der Waals surface area (Å²) in [5.41, 5.74) is 0. The van der Waals surface area contributed by atoms with Gasteiger partial charge in [-0.05, 0) is 37.3 Å². The number of unbranched alkanes of at least 4 members (excludes halogenated alkanes) is 4. The second-order valence-corrected chi connectivity index (χ2v) is 12.3. The van der Waals surface area contributed by atoms with Crippen molar-refractivity contribution >= 4 is 33.1 Å². The number of carbonyl (C=O) groups is 2. The van der Waals surface area contributed by atoms with Crippen molar-refractivity contribution < 1.29 is 30.0 Å². The van der Waals surface area contributed by atoms with E-state index in [4.69, 9.17) is 5.11 Å². The molecule has 0 radical (unpaired) electrons. The van der Waals surface area contributed by atoms with E-state index in [1.807, 2.05) is 0 Å². The SMILES string of the molecule is CC(C)CCCCCC(O)CCCO.CCC[CH2][Sn+2][CH2]CCC.O=C([O-])/C=C\C(=O)[O-]. The second kappa shape index (κ2) is 29.4. The van der Waals surface area contributed by atoms with Crippen molar-refractivity contribution in [3.63, 3.8) is 0 Å². The first-order valence-electron chi connectivity index (χ1n) is 11.8. The molecule has 0 amide bonds. The summed E-state index contributed by atoms with van der Waals surface area (Å²) in [5.74, 6) is -2.29. The Hall–Kier alpha value is -0.601. The van der Waals surface area contributed by atoms with Crippen molar-refractivity contribution in [3.05, 3.63) is 12.2 Å². The number of aliphatic hydroxyl groups excluding tert-OH is 2. The molecule has 0 aliphatic heterocycles. The number of aliphatic hydroxyl groups is 2. The number of rotatable bonds is 17. The van der Waals surface area contributed by atoms with E-state index in [0.29, 0.717) is 12.2 Å². The van der Waals surface area contributed by atoms with Gasteiger partial charge in [-0.1, -0.05) is 39.5 Å². The average molecular weight is 549 g/mol. The molecular weight excluding hydrogens is 503 g/mol. The van der Waals surface area contributed by atoms with Crippen molar-refractivity contribution in [2.24, 2.45) is 5.92 Å².